The Kier molecular flexibility index (Phi) is 8.78. The van der Waals surface area contributed by atoms with Gasteiger partial charge in [0.25, 0.3) is 0 Å². The molecule has 0 aromatic rings. The van der Waals surface area contributed by atoms with E-state index in [1.54, 1.807) is 0 Å². The van der Waals surface area contributed by atoms with Crippen molar-refractivity contribution in [3.8, 4) is 0 Å². The summed E-state index contributed by atoms with van der Waals surface area (Å²) < 4.78 is 5.22. The number of hydrogen-bond donors (Lipinski definition) is 0. The Hall–Kier alpha value is -0.790. The number of rotatable bonds is 9. The highest BCUT2D eigenvalue weighted by molar-refractivity contribution is 5.87. The Morgan fingerprint density at radius 2 is 1.61 bits per heavy atom. The van der Waals surface area contributed by atoms with Crippen molar-refractivity contribution in [3.63, 3.8) is 0 Å². The van der Waals surface area contributed by atoms with E-state index in [2.05, 4.69) is 34.3 Å². The zero-order chi connectivity index (χ0) is 14.0. The monoisotopic (exact) mass is 254 g/mol. The number of esters is 1. The van der Waals surface area contributed by atoms with Gasteiger partial charge in [0.05, 0.1) is 6.61 Å². The maximum absolute atomic E-state index is 11.6. The third-order valence-corrected chi connectivity index (χ3v) is 2.76. The van der Waals surface area contributed by atoms with Crippen molar-refractivity contribution in [1.82, 2.24) is 0 Å². The number of ether oxygens (including phenoxy) is 1. The van der Waals surface area contributed by atoms with Crippen LogP contribution in [0, 0.1) is 5.41 Å². The molecule has 0 saturated carbocycles. The summed E-state index contributed by atoms with van der Waals surface area (Å²) in [5.74, 6) is -0.224. The van der Waals surface area contributed by atoms with Gasteiger partial charge in [0.15, 0.2) is 0 Å². The van der Waals surface area contributed by atoms with Gasteiger partial charge in [-0.15, -0.1) is 0 Å². The minimum Gasteiger partial charge on any atom is -0.462 e. The molecule has 2 heteroatoms. The first-order valence-electron chi connectivity index (χ1n) is 7.21. The van der Waals surface area contributed by atoms with Crippen molar-refractivity contribution in [2.45, 2.75) is 72.6 Å². The van der Waals surface area contributed by atoms with E-state index in [0.29, 0.717) is 18.6 Å². The largest absolute Gasteiger partial charge is 0.462 e. The van der Waals surface area contributed by atoms with Gasteiger partial charge in [-0.25, -0.2) is 4.79 Å². The Morgan fingerprint density at radius 3 is 2.17 bits per heavy atom. The Labute approximate surface area is 113 Å². The molecule has 0 bridgehead atoms. The summed E-state index contributed by atoms with van der Waals surface area (Å²) in [6.45, 7) is 12.8. The Bertz CT molecular complexity index is 248. The molecule has 0 amide bonds. The van der Waals surface area contributed by atoms with Crippen molar-refractivity contribution in [2.75, 3.05) is 6.61 Å². The lowest BCUT2D eigenvalue weighted by molar-refractivity contribution is -0.139. The highest BCUT2D eigenvalue weighted by atomic mass is 16.5. The summed E-state index contributed by atoms with van der Waals surface area (Å²) in [6.07, 6.45) is 7.93. The molecule has 2 nitrogen and oxygen atoms in total. The second kappa shape index (κ2) is 9.18. The molecule has 0 aliphatic rings. The van der Waals surface area contributed by atoms with E-state index >= 15 is 0 Å². The van der Waals surface area contributed by atoms with Crippen LogP contribution in [0.3, 0.4) is 0 Å². The molecule has 0 spiro atoms. The van der Waals surface area contributed by atoms with Crippen molar-refractivity contribution < 1.29 is 9.53 Å². The molecule has 0 aromatic carbocycles. The summed E-state index contributed by atoms with van der Waals surface area (Å²) >= 11 is 0. The fraction of sp³-hybridized carbons (Fsp3) is 0.812. The topological polar surface area (TPSA) is 26.3 Å². The summed E-state index contributed by atoms with van der Waals surface area (Å²) in [6, 6.07) is 0. The zero-order valence-electron chi connectivity index (χ0n) is 12.7. The number of carbonyl (C=O) groups is 1. The molecule has 0 aromatic heterocycles. The van der Waals surface area contributed by atoms with Crippen LogP contribution in [0.25, 0.3) is 0 Å². The van der Waals surface area contributed by atoms with E-state index in [4.69, 9.17) is 4.74 Å². The van der Waals surface area contributed by atoms with E-state index in [9.17, 15) is 4.79 Å². The summed E-state index contributed by atoms with van der Waals surface area (Å²) in [5.41, 5.74) is 0.685. The molecule has 0 aliphatic heterocycles. The maximum atomic E-state index is 11.6. The van der Waals surface area contributed by atoms with E-state index in [-0.39, 0.29) is 11.4 Å². The molecule has 0 heterocycles. The van der Waals surface area contributed by atoms with Crippen LogP contribution in [0.15, 0.2) is 12.2 Å². The van der Waals surface area contributed by atoms with Gasteiger partial charge in [-0.2, -0.15) is 0 Å². The fourth-order valence-corrected chi connectivity index (χ4v) is 1.86. The van der Waals surface area contributed by atoms with Crippen LogP contribution in [-0.4, -0.2) is 12.6 Å². The standard InChI is InChI=1S/C16H30O2/c1-6-7-8-9-10-11-12-18-15(17)14(2)13-16(3,4)5/h2,6-13H2,1,3-5H3. The lowest BCUT2D eigenvalue weighted by Crippen LogP contribution is -2.14. The van der Waals surface area contributed by atoms with Crippen LogP contribution in [0.4, 0.5) is 0 Å². The van der Waals surface area contributed by atoms with Crippen LogP contribution in [-0.2, 0) is 9.53 Å². The molecule has 0 radical (unpaired) electrons. The van der Waals surface area contributed by atoms with Gasteiger partial charge in [-0.1, -0.05) is 66.4 Å². The quantitative estimate of drug-likeness (QED) is 0.333. The lowest BCUT2D eigenvalue weighted by Gasteiger charge is -2.18. The van der Waals surface area contributed by atoms with Crippen LogP contribution < -0.4 is 0 Å². The molecule has 0 saturated heterocycles. The molecule has 0 aliphatic carbocycles. The van der Waals surface area contributed by atoms with Gasteiger partial charge in [0.2, 0.25) is 0 Å². The van der Waals surface area contributed by atoms with Gasteiger partial charge < -0.3 is 4.74 Å². The minimum absolute atomic E-state index is 0.0935. The van der Waals surface area contributed by atoms with Gasteiger partial charge in [-0.05, 0) is 18.3 Å². The Morgan fingerprint density at radius 1 is 1.06 bits per heavy atom. The molecular formula is C16H30O2. The maximum Gasteiger partial charge on any atom is 0.333 e. The van der Waals surface area contributed by atoms with Crippen molar-refractivity contribution in [1.29, 1.82) is 0 Å². The number of carbonyl (C=O) groups excluding carboxylic acids is 1. The minimum atomic E-state index is -0.224. The van der Waals surface area contributed by atoms with Crippen molar-refractivity contribution in [2.24, 2.45) is 5.41 Å². The van der Waals surface area contributed by atoms with Gasteiger partial charge in [-0.3, -0.25) is 0 Å². The van der Waals surface area contributed by atoms with Crippen LogP contribution in [0.1, 0.15) is 72.6 Å². The number of unbranched alkanes of at least 4 members (excludes halogenated alkanes) is 5. The smallest absolute Gasteiger partial charge is 0.333 e. The average Bonchev–Trinajstić information content (AvgIpc) is 2.25. The third-order valence-electron chi connectivity index (χ3n) is 2.76. The van der Waals surface area contributed by atoms with E-state index < -0.39 is 0 Å². The van der Waals surface area contributed by atoms with Crippen LogP contribution in [0.5, 0.6) is 0 Å². The van der Waals surface area contributed by atoms with Gasteiger partial charge in [0, 0.05) is 5.57 Å². The highest BCUT2D eigenvalue weighted by Crippen LogP contribution is 2.23. The highest BCUT2D eigenvalue weighted by Gasteiger charge is 2.17. The average molecular weight is 254 g/mol. The third kappa shape index (κ3) is 10.4. The summed E-state index contributed by atoms with van der Waals surface area (Å²) in [4.78, 5) is 11.6. The van der Waals surface area contributed by atoms with E-state index in [1.165, 1.54) is 25.7 Å². The first kappa shape index (κ1) is 17.2. The molecule has 0 atom stereocenters. The van der Waals surface area contributed by atoms with Crippen molar-refractivity contribution >= 4 is 5.97 Å². The SMILES string of the molecule is C=C(CC(C)(C)C)C(=O)OCCCCCCCC. The molecule has 18 heavy (non-hydrogen) atoms. The lowest BCUT2D eigenvalue weighted by atomic mass is 9.88. The molecular weight excluding hydrogens is 224 g/mol. The predicted octanol–water partition coefficient (Wildman–Crippen LogP) is 4.88. The van der Waals surface area contributed by atoms with Gasteiger partial charge in [0.1, 0.15) is 0 Å². The second-order valence-electron chi connectivity index (χ2n) is 6.24. The fourth-order valence-electron chi connectivity index (χ4n) is 1.86. The molecule has 106 valence electrons. The molecule has 0 unspecified atom stereocenters. The second-order valence-corrected chi connectivity index (χ2v) is 6.24. The molecule has 0 N–H and O–H groups in total. The van der Waals surface area contributed by atoms with Gasteiger partial charge >= 0.3 is 5.97 Å². The number of hydrogen-bond acceptors (Lipinski definition) is 2. The van der Waals surface area contributed by atoms with Crippen LogP contribution in [0.2, 0.25) is 0 Å². The van der Waals surface area contributed by atoms with E-state index in [0.717, 1.165) is 12.8 Å². The first-order chi connectivity index (χ1) is 8.37. The normalized spacial score (nSPS) is 11.3. The summed E-state index contributed by atoms with van der Waals surface area (Å²) in [5, 5.41) is 0. The summed E-state index contributed by atoms with van der Waals surface area (Å²) in [7, 11) is 0. The zero-order valence-corrected chi connectivity index (χ0v) is 12.7. The Balaban J connectivity index is 3.56. The molecule has 0 rings (SSSR count). The molecule has 0 fully saturated rings. The predicted molar refractivity (Wildman–Crippen MR) is 77.5 cm³/mol. The first-order valence-corrected chi connectivity index (χ1v) is 7.21. The van der Waals surface area contributed by atoms with Crippen molar-refractivity contribution in [3.05, 3.63) is 12.2 Å². The van der Waals surface area contributed by atoms with Crippen LogP contribution >= 0.6 is 0 Å². The van der Waals surface area contributed by atoms with E-state index in [1.807, 2.05) is 0 Å².